The molecule has 2 N–H and O–H groups in total. The van der Waals surface area contributed by atoms with Crippen molar-refractivity contribution in [1.82, 2.24) is 0 Å². The predicted octanol–water partition coefficient (Wildman–Crippen LogP) is 2.36. The van der Waals surface area contributed by atoms with Gasteiger partial charge in [-0.1, -0.05) is 19.8 Å². The minimum Gasteiger partial charge on any atom is -0.480 e. The van der Waals surface area contributed by atoms with E-state index in [0.29, 0.717) is 12.8 Å². The molecular formula is C13H17AgF3O6. The molecule has 6 nitrogen and oxygen atoms in total. The van der Waals surface area contributed by atoms with Crippen molar-refractivity contribution >= 4 is 17.9 Å². The van der Waals surface area contributed by atoms with Gasteiger partial charge < -0.3 is 14.9 Å². The molecule has 23 heavy (non-hydrogen) atoms. The first kappa shape index (κ1) is 21.9. The fourth-order valence-electron chi connectivity index (χ4n) is 2.44. The van der Waals surface area contributed by atoms with Gasteiger partial charge in [-0.15, -0.1) is 0 Å². The minimum absolute atomic E-state index is 0. The summed E-state index contributed by atoms with van der Waals surface area (Å²) < 4.78 is 43.8. The first-order chi connectivity index (χ1) is 10.0. The molecular weight excluding hydrogens is 417 g/mol. The van der Waals surface area contributed by atoms with Crippen molar-refractivity contribution in [3.8, 4) is 0 Å². The first-order valence-electron chi connectivity index (χ1n) is 6.76. The maximum absolute atomic E-state index is 13.1. The monoisotopic (exact) mass is 433 g/mol. The smallest absolute Gasteiger partial charge is 0.428 e. The number of alkyl halides is 3. The fraction of sp³-hybridized carbons (Fsp3) is 0.769. The standard InChI is InChI=1S/C13H17F3O6.Ag/c1-2-3-4-5-8(17)22-12(13(14,15)16)6-11(7-12,9(18)19)10(20)21;/h2-7H2,1H3,(H,18,19)(H,20,21);. The number of rotatable bonds is 7. The van der Waals surface area contributed by atoms with Gasteiger partial charge in [0.25, 0.3) is 0 Å². The van der Waals surface area contributed by atoms with Gasteiger partial charge in [-0.25, -0.2) is 0 Å². The summed E-state index contributed by atoms with van der Waals surface area (Å²) in [6.07, 6.45) is -6.12. The summed E-state index contributed by atoms with van der Waals surface area (Å²) >= 11 is 0. The predicted molar refractivity (Wildman–Crippen MR) is 66.0 cm³/mol. The summed E-state index contributed by atoms with van der Waals surface area (Å²) in [4.78, 5) is 33.4. The molecule has 1 fully saturated rings. The van der Waals surface area contributed by atoms with E-state index in [-0.39, 0.29) is 28.8 Å². The zero-order valence-electron chi connectivity index (χ0n) is 12.2. The molecule has 0 unspecified atom stereocenters. The van der Waals surface area contributed by atoms with Crippen LogP contribution in [0.15, 0.2) is 0 Å². The maximum atomic E-state index is 13.1. The van der Waals surface area contributed by atoms with E-state index in [9.17, 15) is 27.6 Å². The number of unbranched alkanes of at least 4 members (excludes halogenated alkanes) is 2. The number of carbonyl (C=O) groups excluding carboxylic acids is 1. The summed E-state index contributed by atoms with van der Waals surface area (Å²) in [5.41, 5.74) is -5.60. The molecule has 1 aliphatic carbocycles. The van der Waals surface area contributed by atoms with Crippen molar-refractivity contribution in [3.05, 3.63) is 0 Å². The number of carboxylic acids is 2. The third-order valence-electron chi connectivity index (χ3n) is 3.80. The molecule has 0 saturated heterocycles. The molecule has 0 aromatic carbocycles. The van der Waals surface area contributed by atoms with E-state index >= 15 is 0 Å². The van der Waals surface area contributed by atoms with Gasteiger partial charge >= 0.3 is 24.1 Å². The molecule has 0 atom stereocenters. The van der Waals surface area contributed by atoms with Crippen LogP contribution in [0.2, 0.25) is 0 Å². The van der Waals surface area contributed by atoms with Crippen molar-refractivity contribution in [2.45, 2.75) is 57.2 Å². The van der Waals surface area contributed by atoms with E-state index in [1.807, 2.05) is 6.92 Å². The number of ether oxygens (including phenoxy) is 1. The summed E-state index contributed by atoms with van der Waals surface area (Å²) in [6.45, 7) is 1.85. The van der Waals surface area contributed by atoms with Crippen molar-refractivity contribution in [2.75, 3.05) is 0 Å². The average molecular weight is 434 g/mol. The number of halogens is 3. The molecule has 10 heteroatoms. The molecule has 0 bridgehead atoms. The topological polar surface area (TPSA) is 101 Å². The van der Waals surface area contributed by atoms with Gasteiger partial charge in [0.2, 0.25) is 5.60 Å². The number of esters is 1. The van der Waals surface area contributed by atoms with Gasteiger partial charge in [-0.2, -0.15) is 13.2 Å². The molecule has 0 spiro atoms. The van der Waals surface area contributed by atoms with Crippen LogP contribution in [0, 0.1) is 5.41 Å². The SMILES string of the molecule is CCCCCC(=O)OC1(C(F)(F)F)CC(C(=O)O)(C(=O)O)C1.[Ag]. The Morgan fingerprint density at radius 1 is 1.09 bits per heavy atom. The van der Waals surface area contributed by atoms with Crippen LogP contribution in [-0.4, -0.2) is 39.9 Å². The van der Waals surface area contributed by atoms with Gasteiger partial charge in [0, 0.05) is 41.6 Å². The van der Waals surface area contributed by atoms with Gasteiger partial charge in [-0.05, 0) is 6.42 Å². The number of aliphatic carboxylic acids is 2. The Hall–Kier alpha value is -1.06. The Balaban J connectivity index is 0.00000484. The molecule has 1 saturated carbocycles. The molecule has 1 rings (SSSR count). The minimum atomic E-state index is -5.03. The third-order valence-corrected chi connectivity index (χ3v) is 3.80. The number of hydrogen-bond donors (Lipinski definition) is 2. The number of carboxylic acid groups (broad SMARTS) is 2. The largest absolute Gasteiger partial charge is 0.480 e. The average Bonchev–Trinajstić information content (AvgIpc) is 2.30. The Morgan fingerprint density at radius 2 is 1.57 bits per heavy atom. The van der Waals surface area contributed by atoms with Gasteiger partial charge in [0.15, 0.2) is 5.41 Å². The van der Waals surface area contributed by atoms with Crippen LogP contribution in [0.4, 0.5) is 13.2 Å². The zero-order valence-corrected chi connectivity index (χ0v) is 13.7. The summed E-state index contributed by atoms with van der Waals surface area (Å²) in [5, 5.41) is 17.7. The van der Waals surface area contributed by atoms with E-state index in [4.69, 9.17) is 10.2 Å². The quantitative estimate of drug-likeness (QED) is 0.276. The molecule has 0 aromatic rings. The second kappa shape index (κ2) is 7.67. The van der Waals surface area contributed by atoms with Crippen molar-refractivity contribution in [3.63, 3.8) is 0 Å². The zero-order chi connectivity index (χ0) is 17.2. The van der Waals surface area contributed by atoms with Crippen molar-refractivity contribution in [2.24, 2.45) is 5.41 Å². The summed E-state index contributed by atoms with van der Waals surface area (Å²) in [5.74, 6) is -4.85. The van der Waals surface area contributed by atoms with Crippen LogP contribution in [0.25, 0.3) is 0 Å². The second-order valence-electron chi connectivity index (χ2n) is 5.47. The molecule has 0 amide bonds. The van der Waals surface area contributed by atoms with E-state index < -0.39 is 47.9 Å². The molecule has 0 aromatic heterocycles. The molecule has 0 aliphatic heterocycles. The van der Waals surface area contributed by atoms with Crippen LogP contribution in [0.1, 0.15) is 45.4 Å². The van der Waals surface area contributed by atoms with E-state index in [1.165, 1.54) is 0 Å². The van der Waals surface area contributed by atoms with Crippen LogP contribution in [-0.2, 0) is 41.5 Å². The Kier molecular flexibility index (Phi) is 7.32. The molecule has 137 valence electrons. The van der Waals surface area contributed by atoms with Crippen LogP contribution in [0.5, 0.6) is 0 Å². The van der Waals surface area contributed by atoms with Gasteiger partial charge in [0.05, 0.1) is 0 Å². The molecule has 1 aliphatic rings. The number of carbonyl (C=O) groups is 3. The maximum Gasteiger partial charge on any atom is 0.428 e. The first-order valence-corrected chi connectivity index (χ1v) is 6.76. The van der Waals surface area contributed by atoms with Crippen molar-refractivity contribution in [1.29, 1.82) is 0 Å². The molecule has 1 radical (unpaired) electrons. The Morgan fingerprint density at radius 3 is 1.91 bits per heavy atom. The van der Waals surface area contributed by atoms with Crippen LogP contribution in [0.3, 0.4) is 0 Å². The van der Waals surface area contributed by atoms with Crippen molar-refractivity contribution < 1.29 is 64.9 Å². The summed E-state index contributed by atoms with van der Waals surface area (Å²) in [7, 11) is 0. The summed E-state index contributed by atoms with van der Waals surface area (Å²) in [6, 6.07) is 0. The second-order valence-corrected chi connectivity index (χ2v) is 5.47. The normalized spacial score (nSPS) is 18.3. The van der Waals surface area contributed by atoms with Gasteiger partial charge in [0.1, 0.15) is 0 Å². The molecule has 0 heterocycles. The number of hydrogen-bond acceptors (Lipinski definition) is 4. The fourth-order valence-corrected chi connectivity index (χ4v) is 2.44. The Bertz CT molecular complexity index is 455. The van der Waals surface area contributed by atoms with E-state index in [2.05, 4.69) is 4.74 Å². The van der Waals surface area contributed by atoms with E-state index in [0.717, 1.165) is 6.42 Å². The van der Waals surface area contributed by atoms with Gasteiger partial charge in [-0.3, -0.25) is 14.4 Å². The van der Waals surface area contributed by atoms with Crippen LogP contribution < -0.4 is 0 Å². The van der Waals surface area contributed by atoms with Crippen LogP contribution >= 0.6 is 0 Å². The third kappa shape index (κ3) is 4.27. The Labute approximate surface area is 145 Å². The van der Waals surface area contributed by atoms with E-state index in [1.54, 1.807) is 0 Å².